The standard InChI is InChI=1S/C13H19N3O3/c1-19-13(18)10-8-9(14)5-6-11(10)16-7-3-2-4-12(15)17/h5-6,8,16H,2-4,7,14H2,1H3,(H2,15,17). The first-order valence-corrected chi connectivity index (χ1v) is 6.04. The van der Waals surface area contributed by atoms with Gasteiger partial charge in [-0.05, 0) is 31.0 Å². The van der Waals surface area contributed by atoms with Gasteiger partial charge in [0, 0.05) is 24.3 Å². The second-order valence-corrected chi connectivity index (χ2v) is 4.15. The number of carbonyl (C=O) groups is 2. The number of amides is 1. The highest BCUT2D eigenvalue weighted by Crippen LogP contribution is 2.20. The van der Waals surface area contributed by atoms with Crippen LogP contribution < -0.4 is 16.8 Å². The van der Waals surface area contributed by atoms with Crippen LogP contribution in [0, 0.1) is 0 Å². The van der Waals surface area contributed by atoms with Crippen molar-refractivity contribution in [3.8, 4) is 0 Å². The lowest BCUT2D eigenvalue weighted by Crippen LogP contribution is -2.12. The Labute approximate surface area is 112 Å². The number of nitrogen functional groups attached to an aromatic ring is 1. The van der Waals surface area contributed by atoms with Crippen molar-refractivity contribution in [2.45, 2.75) is 19.3 Å². The van der Waals surface area contributed by atoms with Crippen molar-refractivity contribution in [2.75, 3.05) is 24.7 Å². The molecular formula is C13H19N3O3. The molecule has 0 saturated heterocycles. The number of nitrogens with one attached hydrogen (secondary N) is 1. The third-order valence-corrected chi connectivity index (χ3v) is 2.61. The van der Waals surface area contributed by atoms with E-state index in [1.165, 1.54) is 7.11 Å². The van der Waals surface area contributed by atoms with E-state index in [1.54, 1.807) is 18.2 Å². The minimum absolute atomic E-state index is 0.303. The normalized spacial score (nSPS) is 9.95. The van der Waals surface area contributed by atoms with E-state index in [-0.39, 0.29) is 5.91 Å². The van der Waals surface area contributed by atoms with E-state index < -0.39 is 5.97 Å². The highest BCUT2D eigenvalue weighted by Gasteiger charge is 2.11. The van der Waals surface area contributed by atoms with Crippen LogP contribution in [-0.2, 0) is 9.53 Å². The zero-order chi connectivity index (χ0) is 14.3. The van der Waals surface area contributed by atoms with Crippen molar-refractivity contribution < 1.29 is 14.3 Å². The van der Waals surface area contributed by atoms with Gasteiger partial charge in [-0.1, -0.05) is 0 Å². The Balaban J connectivity index is 2.57. The number of hydrogen-bond acceptors (Lipinski definition) is 5. The van der Waals surface area contributed by atoms with Gasteiger partial charge in [0.1, 0.15) is 0 Å². The molecule has 0 radical (unpaired) electrons. The van der Waals surface area contributed by atoms with Crippen molar-refractivity contribution >= 4 is 23.3 Å². The van der Waals surface area contributed by atoms with Crippen LogP contribution >= 0.6 is 0 Å². The Morgan fingerprint density at radius 3 is 2.68 bits per heavy atom. The molecule has 0 atom stereocenters. The maximum atomic E-state index is 11.6. The van der Waals surface area contributed by atoms with Crippen LogP contribution in [0.1, 0.15) is 29.6 Å². The average molecular weight is 265 g/mol. The van der Waals surface area contributed by atoms with E-state index >= 15 is 0 Å². The summed E-state index contributed by atoms with van der Waals surface area (Å²) in [5.41, 5.74) is 12.3. The minimum Gasteiger partial charge on any atom is -0.465 e. The Morgan fingerprint density at radius 1 is 1.32 bits per heavy atom. The van der Waals surface area contributed by atoms with Crippen LogP contribution in [0.25, 0.3) is 0 Å². The lowest BCUT2D eigenvalue weighted by atomic mass is 10.1. The maximum absolute atomic E-state index is 11.6. The summed E-state index contributed by atoms with van der Waals surface area (Å²) >= 11 is 0. The molecule has 6 nitrogen and oxygen atoms in total. The summed E-state index contributed by atoms with van der Waals surface area (Å²) in [7, 11) is 1.32. The number of primary amides is 1. The fourth-order valence-electron chi connectivity index (χ4n) is 1.64. The topological polar surface area (TPSA) is 107 Å². The molecule has 0 aliphatic heterocycles. The van der Waals surface area contributed by atoms with Gasteiger partial charge in [-0.3, -0.25) is 4.79 Å². The second kappa shape index (κ2) is 7.25. The summed E-state index contributed by atoms with van der Waals surface area (Å²) in [5.74, 6) is -0.741. The van der Waals surface area contributed by atoms with Gasteiger partial charge >= 0.3 is 5.97 Å². The lowest BCUT2D eigenvalue weighted by Gasteiger charge is -2.11. The predicted molar refractivity (Wildman–Crippen MR) is 73.7 cm³/mol. The molecule has 1 amide bonds. The summed E-state index contributed by atoms with van der Waals surface area (Å²) in [6.07, 6.45) is 1.87. The Kier molecular flexibility index (Phi) is 5.66. The molecule has 0 aromatic heterocycles. The van der Waals surface area contributed by atoms with Gasteiger partial charge in [-0.15, -0.1) is 0 Å². The number of anilines is 2. The van der Waals surface area contributed by atoms with Crippen LogP contribution in [0.4, 0.5) is 11.4 Å². The van der Waals surface area contributed by atoms with E-state index in [4.69, 9.17) is 16.2 Å². The predicted octanol–water partition coefficient (Wildman–Crippen LogP) is 1.12. The molecule has 0 bridgehead atoms. The van der Waals surface area contributed by atoms with Gasteiger partial charge in [-0.25, -0.2) is 4.79 Å². The van der Waals surface area contributed by atoms with Crippen LogP contribution in [0.5, 0.6) is 0 Å². The number of esters is 1. The van der Waals surface area contributed by atoms with Crippen molar-refractivity contribution in [3.05, 3.63) is 23.8 Å². The van der Waals surface area contributed by atoms with Gasteiger partial charge < -0.3 is 21.5 Å². The number of ether oxygens (including phenoxy) is 1. The van der Waals surface area contributed by atoms with E-state index in [2.05, 4.69) is 5.32 Å². The van der Waals surface area contributed by atoms with E-state index in [0.29, 0.717) is 36.3 Å². The molecule has 6 heteroatoms. The molecule has 1 rings (SSSR count). The summed E-state index contributed by atoms with van der Waals surface area (Å²) in [5, 5.41) is 3.12. The van der Waals surface area contributed by atoms with Crippen LogP contribution in [0.15, 0.2) is 18.2 Å². The number of carbonyl (C=O) groups excluding carboxylic acids is 2. The van der Waals surface area contributed by atoms with E-state index in [0.717, 1.165) is 6.42 Å². The van der Waals surface area contributed by atoms with E-state index in [9.17, 15) is 9.59 Å². The van der Waals surface area contributed by atoms with Crippen molar-refractivity contribution in [3.63, 3.8) is 0 Å². The number of benzene rings is 1. The summed E-state index contributed by atoms with van der Waals surface area (Å²) < 4.78 is 4.70. The number of hydrogen-bond donors (Lipinski definition) is 3. The molecular weight excluding hydrogens is 246 g/mol. The molecule has 0 aliphatic rings. The van der Waals surface area contributed by atoms with Crippen molar-refractivity contribution in [2.24, 2.45) is 5.73 Å². The number of rotatable bonds is 7. The third-order valence-electron chi connectivity index (χ3n) is 2.61. The van der Waals surface area contributed by atoms with Gasteiger partial charge in [-0.2, -0.15) is 0 Å². The minimum atomic E-state index is -0.438. The fraction of sp³-hybridized carbons (Fsp3) is 0.385. The molecule has 0 aliphatic carbocycles. The summed E-state index contributed by atoms with van der Waals surface area (Å²) in [6, 6.07) is 5.01. The molecule has 5 N–H and O–H groups in total. The first kappa shape index (κ1) is 14.8. The third kappa shape index (κ3) is 4.87. The van der Waals surface area contributed by atoms with Crippen molar-refractivity contribution in [1.29, 1.82) is 0 Å². The van der Waals surface area contributed by atoms with Crippen LogP contribution in [0.3, 0.4) is 0 Å². The van der Waals surface area contributed by atoms with Gasteiger partial charge in [0.2, 0.25) is 5.91 Å². The lowest BCUT2D eigenvalue weighted by molar-refractivity contribution is -0.118. The quantitative estimate of drug-likeness (QED) is 0.389. The molecule has 0 unspecified atom stereocenters. The zero-order valence-corrected chi connectivity index (χ0v) is 10.9. The number of nitrogens with two attached hydrogens (primary N) is 2. The van der Waals surface area contributed by atoms with Gasteiger partial charge in [0.15, 0.2) is 0 Å². The Morgan fingerprint density at radius 2 is 2.05 bits per heavy atom. The SMILES string of the molecule is COC(=O)c1cc(N)ccc1NCCCCC(N)=O. The largest absolute Gasteiger partial charge is 0.465 e. The molecule has 104 valence electrons. The first-order chi connectivity index (χ1) is 9.04. The maximum Gasteiger partial charge on any atom is 0.340 e. The molecule has 1 aromatic rings. The zero-order valence-electron chi connectivity index (χ0n) is 10.9. The molecule has 0 saturated carbocycles. The summed E-state index contributed by atoms with van der Waals surface area (Å²) in [4.78, 5) is 22.2. The molecule has 19 heavy (non-hydrogen) atoms. The number of methoxy groups -OCH3 is 1. The first-order valence-electron chi connectivity index (χ1n) is 6.04. The number of unbranched alkanes of at least 4 members (excludes halogenated alkanes) is 1. The summed E-state index contributed by atoms with van der Waals surface area (Å²) in [6.45, 7) is 0.640. The fourth-order valence-corrected chi connectivity index (χ4v) is 1.64. The average Bonchev–Trinajstić information content (AvgIpc) is 2.38. The smallest absolute Gasteiger partial charge is 0.340 e. The molecule has 0 fully saturated rings. The monoisotopic (exact) mass is 265 g/mol. The highest BCUT2D eigenvalue weighted by molar-refractivity contribution is 5.96. The Bertz CT molecular complexity index is 460. The van der Waals surface area contributed by atoms with E-state index in [1.807, 2.05) is 0 Å². The molecule has 0 heterocycles. The van der Waals surface area contributed by atoms with Gasteiger partial charge in [0.05, 0.1) is 12.7 Å². The van der Waals surface area contributed by atoms with Crippen LogP contribution in [0.2, 0.25) is 0 Å². The van der Waals surface area contributed by atoms with Gasteiger partial charge in [0.25, 0.3) is 0 Å². The van der Waals surface area contributed by atoms with Crippen molar-refractivity contribution in [1.82, 2.24) is 0 Å². The molecule has 0 spiro atoms. The van der Waals surface area contributed by atoms with Crippen LogP contribution in [-0.4, -0.2) is 25.5 Å². The highest BCUT2D eigenvalue weighted by atomic mass is 16.5. The Hall–Kier alpha value is -2.24. The second-order valence-electron chi connectivity index (χ2n) is 4.15. The molecule has 1 aromatic carbocycles.